The van der Waals surface area contributed by atoms with Crippen molar-refractivity contribution in [2.75, 3.05) is 11.9 Å². The van der Waals surface area contributed by atoms with Gasteiger partial charge >= 0.3 is 5.97 Å². The topological polar surface area (TPSA) is 62.2 Å². The van der Waals surface area contributed by atoms with Gasteiger partial charge in [-0.2, -0.15) is 0 Å². The number of aromatic nitrogens is 1. The predicted molar refractivity (Wildman–Crippen MR) is 80.3 cm³/mol. The van der Waals surface area contributed by atoms with Gasteiger partial charge in [0.1, 0.15) is 5.82 Å². The third-order valence-electron chi connectivity index (χ3n) is 3.63. The maximum Gasteiger partial charge on any atom is 0.335 e. The van der Waals surface area contributed by atoms with E-state index in [1.165, 1.54) is 19.3 Å². The summed E-state index contributed by atoms with van der Waals surface area (Å²) in [5, 5.41) is 12.5. The van der Waals surface area contributed by atoms with Crippen molar-refractivity contribution in [3.63, 3.8) is 0 Å². The fourth-order valence-corrected chi connectivity index (χ4v) is 2.14. The van der Waals surface area contributed by atoms with Crippen molar-refractivity contribution < 1.29 is 9.90 Å². The van der Waals surface area contributed by atoms with Crippen LogP contribution in [0.3, 0.4) is 0 Å². The Balaban J connectivity index is 2.05. The molecular weight excluding hydrogens is 252 g/mol. The van der Waals surface area contributed by atoms with E-state index in [9.17, 15) is 9.90 Å². The minimum absolute atomic E-state index is 0.157. The standard InChI is InChI=1S/C16H24N2O2/c1-16(2,3)13-9-12(15(19)20)10-14(18-13)17-8-4-5-11-6-7-11/h9-11H,4-8H2,1-3H3,(H,17,18)(H,19,20). The summed E-state index contributed by atoms with van der Waals surface area (Å²) in [5.41, 5.74) is 0.951. The molecule has 0 aliphatic heterocycles. The van der Waals surface area contributed by atoms with Gasteiger partial charge in [-0.1, -0.05) is 33.6 Å². The van der Waals surface area contributed by atoms with E-state index in [0.717, 1.165) is 24.6 Å². The van der Waals surface area contributed by atoms with Crippen LogP contribution < -0.4 is 5.32 Å². The molecule has 2 rings (SSSR count). The molecule has 1 heterocycles. The second kappa shape index (κ2) is 5.81. The molecule has 1 saturated carbocycles. The summed E-state index contributed by atoms with van der Waals surface area (Å²) in [4.78, 5) is 15.7. The number of anilines is 1. The van der Waals surface area contributed by atoms with Crippen LogP contribution in [0.5, 0.6) is 0 Å². The van der Waals surface area contributed by atoms with Crippen molar-refractivity contribution in [1.82, 2.24) is 4.98 Å². The number of carboxylic acids is 1. The minimum atomic E-state index is -0.904. The van der Waals surface area contributed by atoms with Crippen molar-refractivity contribution in [3.8, 4) is 0 Å². The number of hydrogen-bond acceptors (Lipinski definition) is 3. The van der Waals surface area contributed by atoms with Gasteiger partial charge in [0.25, 0.3) is 0 Å². The third-order valence-corrected chi connectivity index (χ3v) is 3.63. The van der Waals surface area contributed by atoms with Crippen LogP contribution in [0.15, 0.2) is 12.1 Å². The maximum absolute atomic E-state index is 11.2. The number of carboxylic acid groups (broad SMARTS) is 1. The second-order valence-electron chi connectivity index (χ2n) is 6.69. The summed E-state index contributed by atoms with van der Waals surface area (Å²) in [6.07, 6.45) is 5.13. The molecule has 2 N–H and O–H groups in total. The first-order valence-corrected chi connectivity index (χ1v) is 7.36. The molecule has 0 radical (unpaired) electrons. The monoisotopic (exact) mass is 276 g/mol. The smallest absolute Gasteiger partial charge is 0.335 e. The quantitative estimate of drug-likeness (QED) is 0.778. The van der Waals surface area contributed by atoms with E-state index in [0.29, 0.717) is 11.4 Å². The highest BCUT2D eigenvalue weighted by Crippen LogP contribution is 2.33. The lowest BCUT2D eigenvalue weighted by atomic mass is 9.91. The zero-order valence-corrected chi connectivity index (χ0v) is 12.6. The Hall–Kier alpha value is -1.58. The van der Waals surface area contributed by atoms with E-state index >= 15 is 0 Å². The molecule has 0 unspecified atom stereocenters. The molecular formula is C16H24N2O2. The molecule has 0 aromatic carbocycles. The summed E-state index contributed by atoms with van der Waals surface area (Å²) in [6, 6.07) is 3.28. The first-order chi connectivity index (χ1) is 9.36. The normalized spacial score (nSPS) is 15.2. The fraction of sp³-hybridized carbons (Fsp3) is 0.625. The van der Waals surface area contributed by atoms with Gasteiger partial charge in [-0.15, -0.1) is 0 Å². The number of nitrogens with one attached hydrogen (secondary N) is 1. The lowest BCUT2D eigenvalue weighted by Crippen LogP contribution is -2.17. The van der Waals surface area contributed by atoms with Crippen molar-refractivity contribution in [3.05, 3.63) is 23.4 Å². The molecule has 1 aromatic rings. The highest BCUT2D eigenvalue weighted by atomic mass is 16.4. The van der Waals surface area contributed by atoms with Crippen LogP contribution in [-0.2, 0) is 5.41 Å². The van der Waals surface area contributed by atoms with Crippen LogP contribution >= 0.6 is 0 Å². The average molecular weight is 276 g/mol. The van der Waals surface area contributed by atoms with Crippen molar-refractivity contribution in [2.24, 2.45) is 5.92 Å². The van der Waals surface area contributed by atoms with Crippen LogP contribution in [-0.4, -0.2) is 22.6 Å². The van der Waals surface area contributed by atoms with E-state index in [2.05, 4.69) is 10.3 Å². The van der Waals surface area contributed by atoms with Gasteiger partial charge in [0, 0.05) is 17.7 Å². The van der Waals surface area contributed by atoms with E-state index < -0.39 is 5.97 Å². The van der Waals surface area contributed by atoms with Gasteiger partial charge in [-0.3, -0.25) is 0 Å². The molecule has 20 heavy (non-hydrogen) atoms. The first kappa shape index (κ1) is 14.8. The highest BCUT2D eigenvalue weighted by molar-refractivity contribution is 5.88. The molecule has 0 spiro atoms. The van der Waals surface area contributed by atoms with Gasteiger partial charge in [-0.05, 0) is 30.9 Å². The largest absolute Gasteiger partial charge is 0.478 e. The van der Waals surface area contributed by atoms with Crippen molar-refractivity contribution >= 4 is 11.8 Å². The molecule has 1 fully saturated rings. The Morgan fingerprint density at radius 2 is 2.10 bits per heavy atom. The van der Waals surface area contributed by atoms with Crippen molar-refractivity contribution in [1.29, 1.82) is 0 Å². The molecule has 0 amide bonds. The third kappa shape index (κ3) is 4.22. The van der Waals surface area contributed by atoms with Gasteiger partial charge in [0.2, 0.25) is 0 Å². The number of hydrogen-bond donors (Lipinski definition) is 2. The summed E-state index contributed by atoms with van der Waals surface area (Å²) in [5.74, 6) is 0.699. The van der Waals surface area contributed by atoms with Crippen LogP contribution in [0.25, 0.3) is 0 Å². The number of rotatable bonds is 6. The minimum Gasteiger partial charge on any atom is -0.478 e. The molecule has 4 nitrogen and oxygen atoms in total. The maximum atomic E-state index is 11.2. The molecule has 0 atom stereocenters. The lowest BCUT2D eigenvalue weighted by molar-refractivity contribution is 0.0696. The summed E-state index contributed by atoms with van der Waals surface area (Å²) >= 11 is 0. The van der Waals surface area contributed by atoms with Crippen molar-refractivity contribution in [2.45, 2.75) is 51.9 Å². The Labute approximate surface area is 120 Å². The Morgan fingerprint density at radius 1 is 1.40 bits per heavy atom. The van der Waals surface area contributed by atoms with Gasteiger partial charge in [-0.25, -0.2) is 9.78 Å². The molecule has 1 aromatic heterocycles. The summed E-state index contributed by atoms with van der Waals surface area (Å²) in [6.45, 7) is 6.98. The Bertz CT molecular complexity index is 488. The van der Waals surface area contributed by atoms with E-state index in [1.54, 1.807) is 12.1 Å². The van der Waals surface area contributed by atoms with Gasteiger partial charge in [0.05, 0.1) is 5.56 Å². The van der Waals surface area contributed by atoms with Crippen LogP contribution in [0.1, 0.15) is 62.5 Å². The van der Waals surface area contributed by atoms with Crippen LogP contribution in [0.2, 0.25) is 0 Å². The molecule has 1 aliphatic rings. The lowest BCUT2D eigenvalue weighted by Gasteiger charge is -2.19. The van der Waals surface area contributed by atoms with Gasteiger partial charge in [0.15, 0.2) is 0 Å². The van der Waals surface area contributed by atoms with E-state index in [4.69, 9.17) is 0 Å². The molecule has 1 aliphatic carbocycles. The Morgan fingerprint density at radius 3 is 2.65 bits per heavy atom. The fourth-order valence-electron chi connectivity index (χ4n) is 2.14. The van der Waals surface area contributed by atoms with E-state index in [1.807, 2.05) is 20.8 Å². The van der Waals surface area contributed by atoms with Crippen LogP contribution in [0, 0.1) is 5.92 Å². The zero-order chi connectivity index (χ0) is 14.8. The number of nitrogens with zero attached hydrogens (tertiary/aromatic N) is 1. The first-order valence-electron chi connectivity index (χ1n) is 7.36. The molecule has 110 valence electrons. The van der Waals surface area contributed by atoms with Crippen LogP contribution in [0.4, 0.5) is 5.82 Å². The Kier molecular flexibility index (Phi) is 4.31. The van der Waals surface area contributed by atoms with E-state index in [-0.39, 0.29) is 5.41 Å². The summed E-state index contributed by atoms with van der Waals surface area (Å²) in [7, 11) is 0. The highest BCUT2D eigenvalue weighted by Gasteiger charge is 2.21. The zero-order valence-electron chi connectivity index (χ0n) is 12.6. The molecule has 0 saturated heterocycles. The summed E-state index contributed by atoms with van der Waals surface area (Å²) < 4.78 is 0. The predicted octanol–water partition coefficient (Wildman–Crippen LogP) is 3.68. The second-order valence-corrected chi connectivity index (χ2v) is 6.69. The average Bonchev–Trinajstić information content (AvgIpc) is 3.17. The SMILES string of the molecule is CC(C)(C)c1cc(C(=O)O)cc(NCCCC2CC2)n1. The number of aromatic carboxylic acids is 1. The van der Waals surface area contributed by atoms with Gasteiger partial charge < -0.3 is 10.4 Å². The number of carbonyl (C=O) groups is 1. The number of pyridine rings is 1. The molecule has 0 bridgehead atoms. The molecule has 4 heteroatoms.